The summed E-state index contributed by atoms with van der Waals surface area (Å²) < 4.78 is 28.1. The molecule has 1 fully saturated rings. The van der Waals surface area contributed by atoms with Gasteiger partial charge in [0.1, 0.15) is 0 Å². The summed E-state index contributed by atoms with van der Waals surface area (Å²) in [5, 5.41) is 0. The minimum absolute atomic E-state index is 0.0792. The molecule has 2 aromatic rings. The Bertz CT molecular complexity index is 788. The predicted octanol–water partition coefficient (Wildman–Crippen LogP) is 3.71. The van der Waals surface area contributed by atoms with Crippen LogP contribution in [0.3, 0.4) is 0 Å². The summed E-state index contributed by atoms with van der Waals surface area (Å²) in [6.45, 7) is 0. The first kappa shape index (κ1) is 17.5. The van der Waals surface area contributed by atoms with Gasteiger partial charge in [0.2, 0.25) is 0 Å². The molecule has 24 heavy (non-hydrogen) atoms. The van der Waals surface area contributed by atoms with Crippen molar-refractivity contribution in [1.82, 2.24) is 0 Å². The molecule has 0 radical (unpaired) electrons. The third-order valence-corrected chi connectivity index (χ3v) is 8.82. The summed E-state index contributed by atoms with van der Waals surface area (Å²) >= 11 is 0.0792. The van der Waals surface area contributed by atoms with E-state index in [2.05, 4.69) is 12.1 Å². The van der Waals surface area contributed by atoms with Gasteiger partial charge in [-0.25, -0.2) is 0 Å². The molecule has 0 aliphatic heterocycles. The number of sulfone groups is 1. The van der Waals surface area contributed by atoms with Gasteiger partial charge in [0.15, 0.2) is 0 Å². The van der Waals surface area contributed by atoms with Gasteiger partial charge in [0, 0.05) is 0 Å². The molecule has 0 heterocycles. The summed E-state index contributed by atoms with van der Waals surface area (Å²) in [6, 6.07) is 19.1. The summed E-state index contributed by atoms with van der Waals surface area (Å²) in [4.78, 5) is 0.433. The average Bonchev–Trinajstić information content (AvgIpc) is 2.63. The molecular formula is C20H22O2SSe. The van der Waals surface area contributed by atoms with E-state index in [1.54, 1.807) is 24.3 Å². The third-order valence-electron chi connectivity index (χ3n) is 4.26. The van der Waals surface area contributed by atoms with Crippen LogP contribution < -0.4 is 4.46 Å². The summed E-state index contributed by atoms with van der Waals surface area (Å²) in [5.74, 6) is 0.168. The van der Waals surface area contributed by atoms with Gasteiger partial charge in [-0.15, -0.1) is 0 Å². The van der Waals surface area contributed by atoms with Crippen molar-refractivity contribution in [2.75, 3.05) is 5.75 Å². The molecule has 0 spiro atoms. The Hall–Kier alpha value is -1.35. The molecule has 0 unspecified atom stereocenters. The van der Waals surface area contributed by atoms with Gasteiger partial charge in [-0.05, 0) is 0 Å². The van der Waals surface area contributed by atoms with Crippen molar-refractivity contribution in [2.45, 2.75) is 37.0 Å². The molecule has 0 amide bonds. The maximum absolute atomic E-state index is 12.9. The Morgan fingerprint density at radius 1 is 0.833 bits per heavy atom. The van der Waals surface area contributed by atoms with Crippen molar-refractivity contribution in [3.8, 4) is 0 Å². The van der Waals surface area contributed by atoms with Crippen molar-refractivity contribution in [3.05, 3.63) is 70.7 Å². The second-order valence-corrected chi connectivity index (χ2v) is 10.5. The molecule has 1 aliphatic rings. The van der Waals surface area contributed by atoms with Crippen molar-refractivity contribution < 1.29 is 8.42 Å². The Morgan fingerprint density at radius 3 is 2.04 bits per heavy atom. The van der Waals surface area contributed by atoms with Crippen molar-refractivity contribution in [2.24, 2.45) is 0 Å². The summed E-state index contributed by atoms with van der Waals surface area (Å²) in [6.07, 6.45) is 5.77. The number of hydrogen-bond acceptors (Lipinski definition) is 2. The van der Waals surface area contributed by atoms with E-state index in [0.29, 0.717) is 4.90 Å². The van der Waals surface area contributed by atoms with E-state index in [1.165, 1.54) is 29.3 Å². The standard InChI is InChI=1S/C20H22O2SSe/c21-23(22,18-12-6-2-7-13-18)16-20(17-10-4-1-5-11-17)24-19-14-8-3-9-15-19/h2-3,6-9,12-15H,1,4-5,10-11,16H2. The molecule has 3 rings (SSSR count). The maximum atomic E-state index is 12.9. The van der Waals surface area contributed by atoms with Crippen LogP contribution in [0.5, 0.6) is 0 Å². The molecule has 0 saturated heterocycles. The summed E-state index contributed by atoms with van der Waals surface area (Å²) in [5.41, 5.74) is 1.39. The van der Waals surface area contributed by atoms with Gasteiger partial charge < -0.3 is 0 Å². The molecule has 0 aromatic heterocycles. The fraction of sp³-hybridized carbons (Fsp3) is 0.300. The van der Waals surface area contributed by atoms with Gasteiger partial charge in [0.05, 0.1) is 0 Å². The van der Waals surface area contributed by atoms with E-state index in [-0.39, 0.29) is 20.7 Å². The number of hydrogen-bond donors (Lipinski definition) is 0. The molecular weight excluding hydrogens is 383 g/mol. The van der Waals surface area contributed by atoms with Crippen LogP contribution in [0.25, 0.3) is 0 Å². The Morgan fingerprint density at radius 2 is 1.42 bits per heavy atom. The normalized spacial score (nSPS) is 15.2. The molecule has 0 N–H and O–H groups in total. The van der Waals surface area contributed by atoms with E-state index in [9.17, 15) is 8.42 Å². The van der Waals surface area contributed by atoms with Gasteiger partial charge in [-0.2, -0.15) is 0 Å². The molecule has 0 atom stereocenters. The third kappa shape index (κ3) is 4.60. The topological polar surface area (TPSA) is 34.1 Å². The average molecular weight is 405 g/mol. The van der Waals surface area contributed by atoms with Gasteiger partial charge in [0.25, 0.3) is 0 Å². The van der Waals surface area contributed by atoms with Crippen LogP contribution >= 0.6 is 0 Å². The predicted molar refractivity (Wildman–Crippen MR) is 100 cm³/mol. The fourth-order valence-corrected chi connectivity index (χ4v) is 7.61. The van der Waals surface area contributed by atoms with Gasteiger partial charge in [-0.3, -0.25) is 0 Å². The first-order valence-corrected chi connectivity index (χ1v) is 11.7. The molecule has 2 nitrogen and oxygen atoms in total. The van der Waals surface area contributed by atoms with E-state index in [1.807, 2.05) is 24.3 Å². The summed E-state index contributed by atoms with van der Waals surface area (Å²) in [7, 11) is -3.27. The first-order valence-electron chi connectivity index (χ1n) is 8.37. The monoisotopic (exact) mass is 406 g/mol. The van der Waals surface area contributed by atoms with E-state index < -0.39 is 9.84 Å². The van der Waals surface area contributed by atoms with Crippen molar-refractivity contribution in [1.29, 1.82) is 0 Å². The molecule has 1 saturated carbocycles. The quantitative estimate of drug-likeness (QED) is 0.711. The van der Waals surface area contributed by atoms with Gasteiger partial charge in [-0.1, -0.05) is 0 Å². The van der Waals surface area contributed by atoms with Crippen LogP contribution in [0.4, 0.5) is 0 Å². The van der Waals surface area contributed by atoms with Crippen LogP contribution in [0, 0.1) is 0 Å². The van der Waals surface area contributed by atoms with E-state index >= 15 is 0 Å². The number of benzene rings is 2. The second-order valence-electron chi connectivity index (χ2n) is 6.07. The van der Waals surface area contributed by atoms with Crippen LogP contribution in [0.2, 0.25) is 0 Å². The van der Waals surface area contributed by atoms with Crippen LogP contribution in [-0.4, -0.2) is 29.1 Å². The zero-order chi connectivity index (χ0) is 16.8. The van der Waals surface area contributed by atoms with E-state index in [0.717, 1.165) is 17.3 Å². The molecule has 1 aliphatic carbocycles. The molecule has 126 valence electrons. The molecule has 2 aromatic carbocycles. The molecule has 4 heteroatoms. The zero-order valence-electron chi connectivity index (χ0n) is 13.6. The second kappa shape index (κ2) is 8.15. The molecule has 0 bridgehead atoms. The fourth-order valence-electron chi connectivity index (χ4n) is 2.98. The Balaban J connectivity index is 1.90. The van der Waals surface area contributed by atoms with Crippen LogP contribution in [-0.2, 0) is 9.84 Å². The van der Waals surface area contributed by atoms with Gasteiger partial charge >= 0.3 is 151 Å². The van der Waals surface area contributed by atoms with Crippen molar-refractivity contribution >= 4 is 29.3 Å². The SMILES string of the molecule is O=S(=O)(CC([Se]c1ccccc1)=C1CCCCC1)c1ccccc1. The van der Waals surface area contributed by atoms with E-state index in [4.69, 9.17) is 0 Å². The first-order chi connectivity index (χ1) is 11.6. The number of rotatable bonds is 5. The van der Waals surface area contributed by atoms with Crippen molar-refractivity contribution in [3.63, 3.8) is 0 Å². The zero-order valence-corrected chi connectivity index (χ0v) is 16.2. The Labute approximate surface area is 151 Å². The number of allylic oxidation sites excluding steroid dienone is 1. The minimum atomic E-state index is -3.27. The Kier molecular flexibility index (Phi) is 5.94. The van der Waals surface area contributed by atoms with Crippen LogP contribution in [0.15, 0.2) is 75.6 Å². The van der Waals surface area contributed by atoms with Crippen LogP contribution in [0.1, 0.15) is 32.1 Å².